The molecule has 0 heterocycles. The molecule has 0 aliphatic heterocycles. The standard InChI is InChI=1S/C3H9Ge.2CF3.CHF2.Sn/c1-4(2)3;2*2-1(3)4;2-1-3;/h1-3H3;;;1H;. The van der Waals surface area contributed by atoms with E-state index in [9.17, 15) is 35.1 Å². The van der Waals surface area contributed by atoms with E-state index in [1.807, 2.05) is 0 Å². The first-order valence-electron chi connectivity index (χ1n) is 3.86. The van der Waals surface area contributed by atoms with E-state index in [4.69, 9.17) is 0 Å². The Morgan fingerprint density at radius 1 is 0.812 bits per heavy atom. The Kier molecular flexibility index (Phi) is 8.69. The summed E-state index contributed by atoms with van der Waals surface area (Å²) < 4.78 is 75.0. The first-order valence-corrected chi connectivity index (χ1v) is 14.7. The fraction of sp³-hybridized carbons (Fsp3) is 1.00. The molecule has 0 N–H and O–H groups in total. The first-order chi connectivity index (χ1) is 6.80. The van der Waals surface area contributed by atoms with Crippen LogP contribution in [0.5, 0.6) is 0 Å². The van der Waals surface area contributed by atoms with Crippen molar-refractivity contribution in [2.75, 3.05) is 0 Å². The van der Waals surface area contributed by atoms with Crippen molar-refractivity contribution in [2.24, 2.45) is 0 Å². The van der Waals surface area contributed by atoms with Gasteiger partial charge in [-0.05, 0) is 0 Å². The molecule has 0 aromatic carbocycles. The van der Waals surface area contributed by atoms with Gasteiger partial charge in [-0.2, -0.15) is 0 Å². The van der Waals surface area contributed by atoms with E-state index in [2.05, 4.69) is 17.3 Å². The Balaban J connectivity index is 0. The predicted molar refractivity (Wildman–Crippen MR) is 47.2 cm³/mol. The van der Waals surface area contributed by atoms with Gasteiger partial charge in [0.25, 0.3) is 0 Å². The van der Waals surface area contributed by atoms with Crippen LogP contribution in [0.2, 0.25) is 17.3 Å². The van der Waals surface area contributed by atoms with Gasteiger partial charge < -0.3 is 0 Å². The Morgan fingerprint density at radius 2 is 1.00 bits per heavy atom. The van der Waals surface area contributed by atoms with Crippen LogP contribution in [-0.2, 0) is 0 Å². The summed E-state index contributed by atoms with van der Waals surface area (Å²) in [5, 5.41) is 0. The summed E-state index contributed by atoms with van der Waals surface area (Å²) in [6, 6.07) is 0. The average molecular weight is 425 g/mol. The zero-order valence-electron chi connectivity index (χ0n) is 8.60. The molecule has 0 spiro atoms. The van der Waals surface area contributed by atoms with Crippen LogP contribution in [-0.4, -0.2) is 46.9 Å². The molecule has 0 bridgehead atoms. The fourth-order valence-corrected chi connectivity index (χ4v) is 2.74. The van der Waals surface area contributed by atoms with Crippen LogP contribution in [0, 0.1) is 0 Å². The topological polar surface area (TPSA) is 0 Å². The molecule has 0 rings (SSSR count). The van der Waals surface area contributed by atoms with Crippen LogP contribution in [0.25, 0.3) is 0 Å². The van der Waals surface area contributed by atoms with E-state index < -0.39 is 32.6 Å². The SMILES string of the molecule is F[CH](F)[Sn]([C](F)(F)F)[C](F)(F)F.[CH3][Ge]([CH3])[CH3]. The third-order valence-corrected chi connectivity index (χ3v) is 5.56. The molecule has 0 unspecified atom stereocenters. The van der Waals surface area contributed by atoms with Crippen molar-refractivity contribution in [2.45, 2.75) is 30.1 Å². The van der Waals surface area contributed by atoms with Gasteiger partial charge in [-0.1, -0.05) is 0 Å². The number of hydrogen-bond acceptors (Lipinski definition) is 0. The molecule has 0 atom stereocenters. The quantitative estimate of drug-likeness (QED) is 0.442. The van der Waals surface area contributed by atoms with E-state index in [1.165, 1.54) is 0 Å². The minimum atomic E-state index is -6.63. The van der Waals surface area contributed by atoms with Crippen molar-refractivity contribution in [3.8, 4) is 0 Å². The van der Waals surface area contributed by atoms with Gasteiger partial charge in [0.2, 0.25) is 0 Å². The van der Waals surface area contributed by atoms with Crippen LogP contribution in [0.3, 0.4) is 0 Å². The second-order valence-corrected chi connectivity index (χ2v) is 16.3. The molecule has 0 amide bonds. The van der Waals surface area contributed by atoms with Crippen molar-refractivity contribution < 1.29 is 35.1 Å². The van der Waals surface area contributed by atoms with Gasteiger partial charge in [-0.15, -0.1) is 0 Å². The van der Waals surface area contributed by atoms with Crippen LogP contribution in [0.15, 0.2) is 0 Å². The van der Waals surface area contributed by atoms with Gasteiger partial charge in [0.15, 0.2) is 0 Å². The molecular formula is C6H10F8GeSn. The van der Waals surface area contributed by atoms with E-state index in [0.29, 0.717) is 0 Å². The van der Waals surface area contributed by atoms with Crippen LogP contribution < -0.4 is 0 Å². The molecule has 0 saturated heterocycles. The normalized spacial score (nSPS) is 13.1. The van der Waals surface area contributed by atoms with E-state index in [1.54, 1.807) is 0 Å². The Hall–Kier alpha value is 0.782. The zero-order chi connectivity index (χ0) is 13.7. The molecule has 0 aliphatic rings. The van der Waals surface area contributed by atoms with Gasteiger partial charge in [-0.25, -0.2) is 0 Å². The van der Waals surface area contributed by atoms with E-state index >= 15 is 0 Å². The van der Waals surface area contributed by atoms with Gasteiger partial charge in [0, 0.05) is 0 Å². The predicted octanol–water partition coefficient (Wildman–Crippen LogP) is 3.86. The van der Waals surface area contributed by atoms with Crippen molar-refractivity contribution >= 4 is 34.1 Å². The Bertz CT molecular complexity index is 169. The second-order valence-electron chi connectivity index (χ2n) is 3.21. The summed E-state index contributed by atoms with van der Waals surface area (Å²) in [6.07, 6.45) is 0. The molecule has 10 heteroatoms. The summed E-state index contributed by atoms with van der Waals surface area (Å²) in [7, 11) is 0. The van der Waals surface area contributed by atoms with Crippen LogP contribution >= 0.6 is 0 Å². The van der Waals surface area contributed by atoms with Crippen LogP contribution in [0.1, 0.15) is 0 Å². The van der Waals surface area contributed by atoms with Crippen LogP contribution in [0.4, 0.5) is 35.1 Å². The van der Waals surface area contributed by atoms with E-state index in [0.717, 1.165) is 0 Å². The first kappa shape index (κ1) is 19.1. The molecule has 0 aromatic heterocycles. The van der Waals surface area contributed by atoms with Crippen molar-refractivity contribution in [1.82, 2.24) is 0 Å². The van der Waals surface area contributed by atoms with Gasteiger partial charge in [0.1, 0.15) is 0 Å². The third kappa shape index (κ3) is 9.97. The molecule has 0 aliphatic carbocycles. The summed E-state index contributed by atoms with van der Waals surface area (Å²) in [5.41, 5.74) is 0. The average Bonchev–Trinajstić information content (AvgIpc) is 1.73. The summed E-state index contributed by atoms with van der Waals surface area (Å²) in [6.45, 7) is 0. The second kappa shape index (κ2) is 7.27. The molecular weight excluding hydrogens is 415 g/mol. The fourth-order valence-electron chi connectivity index (χ4n) is 0.408. The number of hydrogen-bond donors (Lipinski definition) is 0. The van der Waals surface area contributed by atoms with Crippen molar-refractivity contribution in [3.05, 3.63) is 0 Å². The zero-order valence-corrected chi connectivity index (χ0v) is 13.6. The number of rotatable bonds is 1. The molecule has 0 nitrogen and oxygen atoms in total. The molecule has 98 valence electrons. The monoisotopic (exact) mass is 428 g/mol. The molecule has 0 saturated carbocycles. The van der Waals surface area contributed by atoms with Gasteiger partial charge >= 0.3 is 99.3 Å². The Morgan fingerprint density at radius 3 is 1.00 bits per heavy atom. The molecule has 0 aromatic rings. The maximum absolute atomic E-state index is 11.4. The molecule has 2 radical (unpaired) electrons. The summed E-state index contributed by atoms with van der Waals surface area (Å²) in [5.74, 6) is 7.00. The number of alkyl halides is 8. The van der Waals surface area contributed by atoms with Crippen molar-refractivity contribution in [1.29, 1.82) is 0 Å². The molecule has 0 fully saturated rings. The summed E-state index contributed by atoms with van der Waals surface area (Å²) in [4.78, 5) is 0. The van der Waals surface area contributed by atoms with E-state index in [-0.39, 0.29) is 14.3 Å². The van der Waals surface area contributed by atoms with Gasteiger partial charge in [-0.3, -0.25) is 0 Å². The third-order valence-electron chi connectivity index (χ3n) is 0.829. The van der Waals surface area contributed by atoms with Crippen molar-refractivity contribution in [3.63, 3.8) is 0 Å². The Labute approximate surface area is 99.2 Å². The summed E-state index contributed by atoms with van der Waals surface area (Å²) >= 11 is -6.96. The minimum absolute atomic E-state index is 0.333. The maximum atomic E-state index is 11.4. The number of halogens is 8. The molecule has 16 heavy (non-hydrogen) atoms. The van der Waals surface area contributed by atoms with Gasteiger partial charge in [0.05, 0.1) is 0 Å².